The topological polar surface area (TPSA) is 38.0 Å². The zero-order chi connectivity index (χ0) is 6.04. The Hall–Kier alpha value is -0.0800. The van der Waals surface area contributed by atoms with Gasteiger partial charge < -0.3 is 11.1 Å². The highest BCUT2D eigenvalue weighted by Crippen LogP contribution is 2.24. The molecule has 0 saturated carbocycles. The van der Waals surface area contributed by atoms with Crippen molar-refractivity contribution in [1.29, 1.82) is 0 Å². The van der Waals surface area contributed by atoms with E-state index in [0.29, 0.717) is 5.41 Å². The molecule has 0 aromatic heterocycles. The fraction of sp³-hybridized carbons (Fsp3) is 1.00. The predicted molar refractivity (Wildman–Crippen MR) is 34.6 cm³/mol. The molecule has 8 heavy (non-hydrogen) atoms. The summed E-state index contributed by atoms with van der Waals surface area (Å²) < 4.78 is 0. The Morgan fingerprint density at radius 3 is 2.38 bits per heavy atom. The van der Waals surface area contributed by atoms with E-state index in [-0.39, 0.29) is 0 Å². The molecule has 1 rings (SSSR count). The molecule has 0 aliphatic carbocycles. The first kappa shape index (κ1) is 6.05. The van der Waals surface area contributed by atoms with E-state index in [9.17, 15) is 0 Å². The highest BCUT2D eigenvalue weighted by molar-refractivity contribution is 4.87. The van der Waals surface area contributed by atoms with Gasteiger partial charge >= 0.3 is 0 Å². The number of nitrogens with two attached hydrogens (primary N) is 1. The van der Waals surface area contributed by atoms with Gasteiger partial charge in [-0.05, 0) is 18.4 Å². The molecule has 2 heteroatoms. The van der Waals surface area contributed by atoms with Gasteiger partial charge in [0.05, 0.1) is 0 Å². The summed E-state index contributed by atoms with van der Waals surface area (Å²) in [5.41, 5.74) is 5.93. The molecule has 0 aromatic rings. The Labute approximate surface area is 50.4 Å². The van der Waals surface area contributed by atoms with Crippen molar-refractivity contribution in [2.75, 3.05) is 19.6 Å². The second-order valence-corrected chi connectivity index (χ2v) is 2.95. The highest BCUT2D eigenvalue weighted by Gasteiger charge is 2.29. The third kappa shape index (κ3) is 1.01. The summed E-state index contributed by atoms with van der Waals surface area (Å²) in [6.45, 7) is 5.42. The lowest BCUT2D eigenvalue weighted by molar-refractivity contribution is 0.184. The lowest BCUT2D eigenvalue weighted by Gasteiger charge is -2.39. The third-order valence-corrected chi connectivity index (χ3v) is 1.85. The van der Waals surface area contributed by atoms with Crippen LogP contribution in [-0.2, 0) is 0 Å². The monoisotopic (exact) mass is 114 g/mol. The van der Waals surface area contributed by atoms with Crippen LogP contribution in [0.5, 0.6) is 0 Å². The van der Waals surface area contributed by atoms with Crippen molar-refractivity contribution in [2.45, 2.75) is 13.3 Å². The number of rotatable bonds is 2. The Balaban J connectivity index is 2.20. The Kier molecular flexibility index (Phi) is 1.54. The number of hydrogen-bond acceptors (Lipinski definition) is 2. The molecule has 1 heterocycles. The molecule has 0 spiro atoms. The minimum atomic E-state index is 0.536. The van der Waals surface area contributed by atoms with E-state index in [1.807, 2.05) is 0 Å². The van der Waals surface area contributed by atoms with Crippen molar-refractivity contribution in [3.63, 3.8) is 0 Å². The van der Waals surface area contributed by atoms with Crippen LogP contribution in [0.4, 0.5) is 0 Å². The van der Waals surface area contributed by atoms with Crippen LogP contribution in [0.2, 0.25) is 0 Å². The first-order valence-electron chi connectivity index (χ1n) is 3.18. The minimum Gasteiger partial charge on any atom is -0.330 e. The zero-order valence-electron chi connectivity index (χ0n) is 5.41. The fourth-order valence-corrected chi connectivity index (χ4v) is 1.08. The molecule has 1 saturated heterocycles. The molecule has 0 amide bonds. The summed E-state index contributed by atoms with van der Waals surface area (Å²) in [4.78, 5) is 0. The van der Waals surface area contributed by atoms with Gasteiger partial charge in [0.15, 0.2) is 0 Å². The summed E-state index contributed by atoms with van der Waals surface area (Å²) in [6, 6.07) is 0. The van der Waals surface area contributed by atoms with Gasteiger partial charge in [-0.3, -0.25) is 0 Å². The standard InChI is InChI=1S/C6H14N2/c1-6(2-3-7)4-8-5-6/h8H,2-5,7H2,1H3. The van der Waals surface area contributed by atoms with Crippen molar-refractivity contribution in [2.24, 2.45) is 11.1 Å². The molecule has 2 nitrogen and oxygen atoms in total. The molecule has 0 aromatic carbocycles. The molecule has 3 N–H and O–H groups in total. The van der Waals surface area contributed by atoms with E-state index in [1.165, 1.54) is 6.42 Å². The van der Waals surface area contributed by atoms with Crippen LogP contribution in [0, 0.1) is 5.41 Å². The molecule has 48 valence electrons. The summed E-state index contributed by atoms with van der Waals surface area (Å²) in [7, 11) is 0. The van der Waals surface area contributed by atoms with Crippen molar-refractivity contribution in [3.05, 3.63) is 0 Å². The SMILES string of the molecule is CC1(CCN)CNC1. The minimum absolute atomic E-state index is 0.536. The maximum Gasteiger partial charge on any atom is 0.00180 e. The predicted octanol–water partition coefficient (Wildman–Crippen LogP) is -0.0553. The first-order chi connectivity index (χ1) is 3.77. The maximum absolute atomic E-state index is 5.40. The highest BCUT2D eigenvalue weighted by atomic mass is 15.0. The van der Waals surface area contributed by atoms with E-state index in [2.05, 4.69) is 12.2 Å². The van der Waals surface area contributed by atoms with Crippen LogP contribution in [0.25, 0.3) is 0 Å². The summed E-state index contributed by atoms with van der Waals surface area (Å²) >= 11 is 0. The lowest BCUT2D eigenvalue weighted by atomic mass is 9.81. The Bertz CT molecular complexity index is 76.6. The summed E-state index contributed by atoms with van der Waals surface area (Å²) in [6.07, 6.45) is 1.17. The van der Waals surface area contributed by atoms with Crippen molar-refractivity contribution >= 4 is 0 Å². The maximum atomic E-state index is 5.40. The Morgan fingerprint density at radius 1 is 1.62 bits per heavy atom. The quantitative estimate of drug-likeness (QED) is 0.528. The van der Waals surface area contributed by atoms with Gasteiger partial charge in [0, 0.05) is 13.1 Å². The molecule has 1 aliphatic rings. The van der Waals surface area contributed by atoms with Crippen LogP contribution < -0.4 is 11.1 Å². The van der Waals surface area contributed by atoms with Crippen LogP contribution in [0.3, 0.4) is 0 Å². The van der Waals surface area contributed by atoms with Gasteiger partial charge in [-0.2, -0.15) is 0 Å². The average molecular weight is 114 g/mol. The molecule has 0 radical (unpaired) electrons. The van der Waals surface area contributed by atoms with Crippen LogP contribution in [0.1, 0.15) is 13.3 Å². The van der Waals surface area contributed by atoms with Gasteiger partial charge in [0.25, 0.3) is 0 Å². The van der Waals surface area contributed by atoms with E-state index in [1.54, 1.807) is 0 Å². The molecular formula is C6H14N2. The number of hydrogen-bond donors (Lipinski definition) is 2. The van der Waals surface area contributed by atoms with Crippen LogP contribution in [-0.4, -0.2) is 19.6 Å². The lowest BCUT2D eigenvalue weighted by Crippen LogP contribution is -2.52. The van der Waals surface area contributed by atoms with Crippen molar-refractivity contribution in [1.82, 2.24) is 5.32 Å². The summed E-state index contributed by atoms with van der Waals surface area (Å²) in [5.74, 6) is 0. The fourth-order valence-electron chi connectivity index (χ4n) is 1.08. The average Bonchev–Trinajstić information content (AvgIpc) is 1.64. The number of nitrogens with one attached hydrogen (secondary N) is 1. The molecule has 1 aliphatic heterocycles. The van der Waals surface area contributed by atoms with Gasteiger partial charge in [0.1, 0.15) is 0 Å². The van der Waals surface area contributed by atoms with E-state index in [4.69, 9.17) is 5.73 Å². The van der Waals surface area contributed by atoms with E-state index in [0.717, 1.165) is 19.6 Å². The second-order valence-electron chi connectivity index (χ2n) is 2.95. The second kappa shape index (κ2) is 2.03. The largest absolute Gasteiger partial charge is 0.330 e. The first-order valence-corrected chi connectivity index (χ1v) is 3.18. The summed E-state index contributed by atoms with van der Waals surface area (Å²) in [5, 5.41) is 3.23. The van der Waals surface area contributed by atoms with E-state index >= 15 is 0 Å². The van der Waals surface area contributed by atoms with Gasteiger partial charge in [-0.1, -0.05) is 6.92 Å². The van der Waals surface area contributed by atoms with Crippen molar-refractivity contribution in [3.8, 4) is 0 Å². The molecular weight excluding hydrogens is 100 g/mol. The Morgan fingerprint density at radius 2 is 2.25 bits per heavy atom. The third-order valence-electron chi connectivity index (χ3n) is 1.85. The van der Waals surface area contributed by atoms with Crippen LogP contribution >= 0.6 is 0 Å². The van der Waals surface area contributed by atoms with Crippen LogP contribution in [0.15, 0.2) is 0 Å². The molecule has 0 atom stereocenters. The molecule has 1 fully saturated rings. The van der Waals surface area contributed by atoms with Gasteiger partial charge in [-0.15, -0.1) is 0 Å². The zero-order valence-corrected chi connectivity index (χ0v) is 5.41. The molecule has 0 unspecified atom stereocenters. The van der Waals surface area contributed by atoms with E-state index < -0.39 is 0 Å². The van der Waals surface area contributed by atoms with Gasteiger partial charge in [0.2, 0.25) is 0 Å². The molecule has 0 bridgehead atoms. The van der Waals surface area contributed by atoms with Crippen molar-refractivity contribution < 1.29 is 0 Å². The van der Waals surface area contributed by atoms with Gasteiger partial charge in [-0.25, -0.2) is 0 Å². The normalized spacial score (nSPS) is 24.8. The smallest absolute Gasteiger partial charge is 0.00180 e.